The minimum Gasteiger partial charge on any atom is -0.462 e. The molecule has 0 bridgehead atoms. The van der Waals surface area contributed by atoms with E-state index in [0.717, 1.165) is 36.5 Å². The summed E-state index contributed by atoms with van der Waals surface area (Å²) in [6.45, 7) is 4.95. The predicted octanol–water partition coefficient (Wildman–Crippen LogP) is 3.03. The molecule has 1 spiro atoms. The van der Waals surface area contributed by atoms with Gasteiger partial charge in [0.15, 0.2) is 11.5 Å². The molecule has 0 aromatic heterocycles. The number of carbonyl (C=O) groups excluding carboxylic acids is 1. The number of hydrogen-bond donors (Lipinski definition) is 1. The van der Waals surface area contributed by atoms with E-state index < -0.39 is 0 Å². The molecule has 4 fully saturated rings. The molecule has 2 aliphatic carbocycles. The largest absolute Gasteiger partial charge is 0.462 e. The number of epoxide rings is 1. The zero-order valence-electron chi connectivity index (χ0n) is 16.9. The second-order valence-corrected chi connectivity index (χ2v) is 9.92. The van der Waals surface area contributed by atoms with Gasteiger partial charge < -0.3 is 24.3 Å². The summed E-state index contributed by atoms with van der Waals surface area (Å²) in [6, 6.07) is 5.99. The van der Waals surface area contributed by atoms with Crippen LogP contribution in [-0.2, 0) is 20.8 Å². The molecule has 0 amide bonds. The second-order valence-electron chi connectivity index (χ2n) is 9.92. The molecule has 2 saturated heterocycles. The van der Waals surface area contributed by atoms with Crippen LogP contribution >= 0.6 is 0 Å². The molecule has 5 aliphatic rings. The summed E-state index contributed by atoms with van der Waals surface area (Å²) in [4.78, 5) is 12.7. The first-order valence-corrected chi connectivity index (χ1v) is 11.0. The normalized spacial score (nSPS) is 41.8. The maximum atomic E-state index is 12.7. The van der Waals surface area contributed by atoms with Crippen LogP contribution in [-0.4, -0.2) is 37.6 Å². The third kappa shape index (κ3) is 2.87. The monoisotopic (exact) mass is 399 g/mol. The van der Waals surface area contributed by atoms with Crippen molar-refractivity contribution in [3.63, 3.8) is 0 Å². The first kappa shape index (κ1) is 18.0. The Morgan fingerprint density at radius 3 is 2.93 bits per heavy atom. The summed E-state index contributed by atoms with van der Waals surface area (Å²) < 4.78 is 22.7. The summed E-state index contributed by atoms with van der Waals surface area (Å²) in [5.74, 6) is 2.38. The van der Waals surface area contributed by atoms with Crippen LogP contribution in [0.5, 0.6) is 11.5 Å². The van der Waals surface area contributed by atoms with E-state index in [-0.39, 0.29) is 35.8 Å². The zero-order chi connectivity index (χ0) is 19.6. The van der Waals surface area contributed by atoms with Gasteiger partial charge in [-0.1, -0.05) is 13.0 Å². The Hall–Kier alpha value is -1.79. The molecule has 6 heteroatoms. The van der Waals surface area contributed by atoms with Crippen LogP contribution in [0.2, 0.25) is 0 Å². The third-order valence-electron chi connectivity index (χ3n) is 8.21. The zero-order valence-corrected chi connectivity index (χ0v) is 16.9. The molecule has 2 saturated carbocycles. The highest BCUT2D eigenvalue weighted by Crippen LogP contribution is 2.62. The van der Waals surface area contributed by atoms with Gasteiger partial charge in [-0.3, -0.25) is 4.79 Å². The molecule has 0 radical (unpaired) electrons. The fourth-order valence-electron chi connectivity index (χ4n) is 6.61. The minimum absolute atomic E-state index is 0.0220. The van der Waals surface area contributed by atoms with Gasteiger partial charge in [0.25, 0.3) is 0 Å². The molecule has 6 atom stereocenters. The Morgan fingerprint density at radius 2 is 2.07 bits per heavy atom. The van der Waals surface area contributed by atoms with Gasteiger partial charge in [-0.25, -0.2) is 0 Å². The quantitative estimate of drug-likeness (QED) is 0.620. The lowest BCUT2D eigenvalue weighted by molar-refractivity contribution is -0.147. The molecule has 6 nitrogen and oxygen atoms in total. The summed E-state index contributed by atoms with van der Waals surface area (Å²) in [5, 5.41) is 3.49. The molecule has 29 heavy (non-hydrogen) atoms. The average Bonchev–Trinajstić information content (AvgIpc) is 3.18. The fourth-order valence-corrected chi connectivity index (χ4v) is 6.61. The maximum Gasteiger partial charge on any atom is 0.310 e. The van der Waals surface area contributed by atoms with Gasteiger partial charge in [0.05, 0.1) is 18.1 Å². The van der Waals surface area contributed by atoms with Crippen molar-refractivity contribution in [2.75, 3.05) is 19.9 Å². The van der Waals surface area contributed by atoms with Crippen molar-refractivity contribution in [1.82, 2.24) is 5.32 Å². The number of carbonyl (C=O) groups is 1. The molecule has 6 rings (SSSR count). The van der Waals surface area contributed by atoms with E-state index in [4.69, 9.17) is 18.9 Å². The Labute approximate surface area is 171 Å². The Bertz CT molecular complexity index is 837. The molecule has 1 aromatic carbocycles. The van der Waals surface area contributed by atoms with Crippen molar-refractivity contribution < 1.29 is 23.7 Å². The van der Waals surface area contributed by atoms with Crippen LogP contribution in [0.25, 0.3) is 0 Å². The van der Waals surface area contributed by atoms with Crippen LogP contribution in [0.15, 0.2) is 18.2 Å². The smallest absolute Gasteiger partial charge is 0.310 e. The SMILES string of the molecule is C[C@]12CCC[C@]3(CO3)[C@@H]1C[C@@H]1[C@@H](C2)OC(=O)[C@@H]1CNCc1ccc2c(c1)OCO2. The lowest BCUT2D eigenvalue weighted by Gasteiger charge is -2.51. The molecular formula is C23H29NO5. The van der Waals surface area contributed by atoms with Crippen molar-refractivity contribution >= 4 is 5.97 Å². The van der Waals surface area contributed by atoms with Gasteiger partial charge in [-0.2, -0.15) is 0 Å². The fraction of sp³-hybridized carbons (Fsp3) is 0.696. The number of esters is 1. The first-order valence-electron chi connectivity index (χ1n) is 11.0. The molecule has 1 aromatic rings. The van der Waals surface area contributed by atoms with Crippen molar-refractivity contribution in [2.45, 2.75) is 57.3 Å². The summed E-state index contributed by atoms with van der Waals surface area (Å²) in [5.41, 5.74) is 1.49. The van der Waals surface area contributed by atoms with E-state index in [1.54, 1.807) is 0 Å². The lowest BCUT2D eigenvalue weighted by atomic mass is 9.53. The molecule has 3 aliphatic heterocycles. The number of ether oxygens (including phenoxy) is 4. The van der Waals surface area contributed by atoms with Crippen LogP contribution in [0, 0.1) is 23.2 Å². The summed E-state index contributed by atoms with van der Waals surface area (Å²) >= 11 is 0. The molecule has 3 heterocycles. The topological polar surface area (TPSA) is 69.3 Å². The Balaban J connectivity index is 1.13. The van der Waals surface area contributed by atoms with Crippen LogP contribution < -0.4 is 14.8 Å². The van der Waals surface area contributed by atoms with Gasteiger partial charge in [-0.15, -0.1) is 0 Å². The average molecular weight is 399 g/mol. The molecule has 0 unspecified atom stereocenters. The number of fused-ring (bicyclic) bond motifs is 4. The van der Waals surface area contributed by atoms with Gasteiger partial charge in [-0.05, 0) is 61.1 Å². The summed E-state index contributed by atoms with van der Waals surface area (Å²) in [6.07, 6.45) is 5.79. The van der Waals surface area contributed by atoms with E-state index in [9.17, 15) is 4.79 Å². The molecule has 156 valence electrons. The lowest BCUT2D eigenvalue weighted by Crippen LogP contribution is -2.51. The van der Waals surface area contributed by atoms with Crippen molar-refractivity contribution in [1.29, 1.82) is 0 Å². The highest BCUT2D eigenvalue weighted by molar-refractivity contribution is 5.75. The van der Waals surface area contributed by atoms with E-state index >= 15 is 0 Å². The van der Waals surface area contributed by atoms with Gasteiger partial charge in [0, 0.05) is 19.0 Å². The van der Waals surface area contributed by atoms with Gasteiger partial charge >= 0.3 is 5.97 Å². The first-order chi connectivity index (χ1) is 14.1. The van der Waals surface area contributed by atoms with Crippen LogP contribution in [0.1, 0.15) is 44.6 Å². The number of nitrogens with one attached hydrogen (secondary N) is 1. The van der Waals surface area contributed by atoms with E-state index in [2.05, 4.69) is 12.2 Å². The highest BCUT2D eigenvalue weighted by Gasteiger charge is 2.64. The van der Waals surface area contributed by atoms with Crippen LogP contribution in [0.3, 0.4) is 0 Å². The standard InChI is InChI=1S/C23H29NO5/c1-22-5-2-6-23(12-28-23)20(22)8-15-16(21(25)29-19(15)9-22)11-24-10-14-3-4-17-18(7-14)27-13-26-17/h3-4,7,15-16,19-20,24H,2,5-6,8-13H2,1H3/t15-,16+,19+,20+,22+,23-/m0/s1. The Morgan fingerprint density at radius 1 is 1.21 bits per heavy atom. The summed E-state index contributed by atoms with van der Waals surface area (Å²) in [7, 11) is 0. The molecular weight excluding hydrogens is 370 g/mol. The molecule has 1 N–H and O–H groups in total. The van der Waals surface area contributed by atoms with Crippen molar-refractivity contribution in [3.05, 3.63) is 23.8 Å². The number of rotatable bonds is 4. The van der Waals surface area contributed by atoms with Crippen molar-refractivity contribution in [3.8, 4) is 11.5 Å². The predicted molar refractivity (Wildman–Crippen MR) is 104 cm³/mol. The second kappa shape index (κ2) is 6.35. The number of hydrogen-bond acceptors (Lipinski definition) is 6. The highest BCUT2D eigenvalue weighted by atomic mass is 16.7. The van der Waals surface area contributed by atoms with E-state index in [1.165, 1.54) is 19.3 Å². The van der Waals surface area contributed by atoms with Gasteiger partial charge in [0.1, 0.15) is 6.10 Å². The van der Waals surface area contributed by atoms with E-state index in [1.807, 2.05) is 18.2 Å². The van der Waals surface area contributed by atoms with Crippen LogP contribution in [0.4, 0.5) is 0 Å². The van der Waals surface area contributed by atoms with E-state index in [0.29, 0.717) is 24.9 Å². The maximum absolute atomic E-state index is 12.7. The van der Waals surface area contributed by atoms with Crippen molar-refractivity contribution in [2.24, 2.45) is 23.2 Å². The Kier molecular flexibility index (Phi) is 3.95. The van der Waals surface area contributed by atoms with Gasteiger partial charge in [0.2, 0.25) is 6.79 Å². The third-order valence-corrected chi connectivity index (χ3v) is 8.21. The number of benzene rings is 1. The minimum atomic E-state index is -0.0590.